The van der Waals surface area contributed by atoms with Gasteiger partial charge in [0.1, 0.15) is 5.82 Å². The third-order valence-electron chi connectivity index (χ3n) is 3.94. The summed E-state index contributed by atoms with van der Waals surface area (Å²) in [6.07, 6.45) is 1.14. The van der Waals surface area contributed by atoms with Gasteiger partial charge in [-0.1, -0.05) is 57.2 Å². The number of hydrogen-bond acceptors (Lipinski definition) is 1. The van der Waals surface area contributed by atoms with Crippen LogP contribution in [0.25, 0.3) is 11.0 Å². The number of fused-ring (bicyclic) bond motifs is 1. The molecule has 1 atom stereocenters. The van der Waals surface area contributed by atoms with Gasteiger partial charge in [0, 0.05) is 5.92 Å². The summed E-state index contributed by atoms with van der Waals surface area (Å²) < 4.78 is 0. The van der Waals surface area contributed by atoms with Crippen molar-refractivity contribution in [1.29, 1.82) is 0 Å². The third kappa shape index (κ3) is 3.50. The molecule has 2 nitrogen and oxygen atoms in total. The number of halogens is 1. The van der Waals surface area contributed by atoms with Crippen molar-refractivity contribution in [2.24, 2.45) is 5.92 Å². The quantitative estimate of drug-likeness (QED) is 0.692. The molecule has 1 N–H and O–H groups in total. The lowest BCUT2D eigenvalue weighted by Crippen LogP contribution is -1.99. The van der Waals surface area contributed by atoms with E-state index >= 15 is 0 Å². The molecule has 0 spiro atoms. The summed E-state index contributed by atoms with van der Waals surface area (Å²) in [5.74, 6) is 2.02. The smallest absolute Gasteiger partial charge is 0.114 e. The Hall–Kier alpha value is -1.80. The van der Waals surface area contributed by atoms with E-state index in [2.05, 4.69) is 56.1 Å². The maximum atomic E-state index is 4.70. The van der Waals surface area contributed by atoms with Crippen LogP contribution in [0.15, 0.2) is 48.5 Å². The van der Waals surface area contributed by atoms with Gasteiger partial charge in [0.05, 0.1) is 11.0 Å². The van der Waals surface area contributed by atoms with Gasteiger partial charge in [0.15, 0.2) is 0 Å². The second-order valence-corrected chi connectivity index (χ2v) is 6.20. The Bertz CT molecular complexity index is 696. The highest BCUT2D eigenvalue weighted by molar-refractivity contribution is 5.85. The van der Waals surface area contributed by atoms with Gasteiger partial charge < -0.3 is 4.98 Å². The molecule has 22 heavy (non-hydrogen) atoms. The molecule has 0 saturated heterocycles. The van der Waals surface area contributed by atoms with Crippen LogP contribution < -0.4 is 0 Å². The van der Waals surface area contributed by atoms with Crippen LogP contribution in [-0.4, -0.2) is 9.97 Å². The number of imidazole rings is 1. The van der Waals surface area contributed by atoms with Crippen LogP contribution in [0.3, 0.4) is 0 Å². The number of aromatic nitrogens is 2. The van der Waals surface area contributed by atoms with Crippen molar-refractivity contribution < 1.29 is 0 Å². The van der Waals surface area contributed by atoms with E-state index in [0.717, 1.165) is 23.3 Å². The van der Waals surface area contributed by atoms with Crippen LogP contribution >= 0.6 is 12.4 Å². The van der Waals surface area contributed by atoms with Gasteiger partial charge in [0.2, 0.25) is 0 Å². The van der Waals surface area contributed by atoms with Crippen molar-refractivity contribution in [3.05, 3.63) is 65.5 Å². The molecule has 0 radical (unpaired) electrons. The molecule has 0 aliphatic heterocycles. The zero-order chi connectivity index (χ0) is 14.8. The Morgan fingerprint density at radius 1 is 0.955 bits per heavy atom. The van der Waals surface area contributed by atoms with Crippen LogP contribution in [-0.2, 0) is 6.42 Å². The van der Waals surface area contributed by atoms with Crippen LogP contribution in [0.5, 0.6) is 0 Å². The molecule has 2 aromatic carbocycles. The average Bonchev–Trinajstić information content (AvgIpc) is 2.90. The number of nitrogens with one attached hydrogen (secondary N) is 1. The van der Waals surface area contributed by atoms with E-state index < -0.39 is 0 Å². The fraction of sp³-hybridized carbons (Fsp3) is 0.316. The molecular weight excluding hydrogens is 292 g/mol. The number of para-hydroxylation sites is 2. The molecule has 0 aliphatic carbocycles. The van der Waals surface area contributed by atoms with Gasteiger partial charge in [-0.05, 0) is 35.6 Å². The first-order chi connectivity index (χ1) is 10.1. The molecule has 0 amide bonds. The monoisotopic (exact) mass is 314 g/mol. The van der Waals surface area contributed by atoms with Crippen molar-refractivity contribution in [3.8, 4) is 0 Å². The van der Waals surface area contributed by atoms with E-state index in [9.17, 15) is 0 Å². The van der Waals surface area contributed by atoms with Crippen LogP contribution in [0.4, 0.5) is 0 Å². The number of hydrogen-bond donors (Lipinski definition) is 1. The maximum absolute atomic E-state index is 4.70. The van der Waals surface area contributed by atoms with Gasteiger partial charge in [-0.15, -0.1) is 12.4 Å². The molecule has 3 rings (SSSR count). The fourth-order valence-corrected chi connectivity index (χ4v) is 2.75. The largest absolute Gasteiger partial charge is 0.341 e. The van der Waals surface area contributed by atoms with Crippen molar-refractivity contribution in [1.82, 2.24) is 9.97 Å². The molecule has 3 aromatic rings. The molecule has 0 bridgehead atoms. The predicted octanol–water partition coefficient (Wildman–Crippen LogP) is 5.34. The van der Waals surface area contributed by atoms with E-state index in [1.165, 1.54) is 11.1 Å². The number of benzene rings is 2. The summed E-state index contributed by atoms with van der Waals surface area (Å²) in [6.45, 7) is 6.71. The van der Waals surface area contributed by atoms with E-state index in [4.69, 9.17) is 4.98 Å². The first-order valence-electron chi connectivity index (χ1n) is 7.67. The van der Waals surface area contributed by atoms with Gasteiger partial charge in [0.25, 0.3) is 0 Å². The highest BCUT2D eigenvalue weighted by Crippen LogP contribution is 2.24. The van der Waals surface area contributed by atoms with Gasteiger partial charge in [-0.3, -0.25) is 0 Å². The van der Waals surface area contributed by atoms with Crippen molar-refractivity contribution >= 4 is 23.4 Å². The van der Waals surface area contributed by atoms with Gasteiger partial charge in [-0.25, -0.2) is 4.98 Å². The zero-order valence-corrected chi connectivity index (χ0v) is 14.2. The SMILES string of the molecule is CC(C)Cc1ccc(C(C)c2nc3ccccc3[nH]2)cc1.Cl. The zero-order valence-electron chi connectivity index (χ0n) is 13.3. The summed E-state index contributed by atoms with van der Waals surface area (Å²) >= 11 is 0. The van der Waals surface area contributed by atoms with Gasteiger partial charge >= 0.3 is 0 Å². The molecule has 3 heteroatoms. The molecule has 1 aromatic heterocycles. The standard InChI is InChI=1S/C19H22N2.ClH/c1-13(2)12-15-8-10-16(11-9-15)14(3)19-20-17-6-4-5-7-18(17)21-19;/h4-11,13-14H,12H2,1-3H3,(H,20,21);1H. The number of rotatable bonds is 4. The Morgan fingerprint density at radius 2 is 1.64 bits per heavy atom. The summed E-state index contributed by atoms with van der Waals surface area (Å²) in [4.78, 5) is 8.13. The lowest BCUT2D eigenvalue weighted by molar-refractivity contribution is 0.647. The second-order valence-electron chi connectivity index (χ2n) is 6.20. The minimum atomic E-state index is 0. The maximum Gasteiger partial charge on any atom is 0.114 e. The number of H-pyrrole nitrogens is 1. The second kappa shape index (κ2) is 6.97. The Kier molecular flexibility index (Phi) is 5.25. The lowest BCUT2D eigenvalue weighted by atomic mass is 9.96. The van der Waals surface area contributed by atoms with E-state index in [0.29, 0.717) is 5.92 Å². The lowest BCUT2D eigenvalue weighted by Gasteiger charge is -2.11. The van der Waals surface area contributed by atoms with Crippen LogP contribution in [0.1, 0.15) is 43.6 Å². The first kappa shape index (κ1) is 16.6. The van der Waals surface area contributed by atoms with Crippen LogP contribution in [0, 0.1) is 5.92 Å². The third-order valence-corrected chi connectivity index (χ3v) is 3.94. The predicted molar refractivity (Wildman–Crippen MR) is 95.8 cm³/mol. The Morgan fingerprint density at radius 3 is 2.27 bits per heavy atom. The summed E-state index contributed by atoms with van der Waals surface area (Å²) in [7, 11) is 0. The Balaban J connectivity index is 0.00000176. The molecule has 0 saturated carbocycles. The number of aromatic amines is 1. The molecule has 0 fully saturated rings. The minimum Gasteiger partial charge on any atom is -0.341 e. The van der Waals surface area contributed by atoms with Gasteiger partial charge in [-0.2, -0.15) is 0 Å². The summed E-state index contributed by atoms with van der Waals surface area (Å²) in [6, 6.07) is 17.1. The normalized spacial score (nSPS) is 12.4. The molecule has 116 valence electrons. The van der Waals surface area contributed by atoms with E-state index in [1.807, 2.05) is 18.2 Å². The van der Waals surface area contributed by atoms with Crippen molar-refractivity contribution in [3.63, 3.8) is 0 Å². The minimum absolute atomic E-state index is 0. The van der Waals surface area contributed by atoms with Crippen molar-refractivity contribution in [2.75, 3.05) is 0 Å². The van der Waals surface area contributed by atoms with Crippen LogP contribution in [0.2, 0.25) is 0 Å². The molecular formula is C19H23ClN2. The summed E-state index contributed by atoms with van der Waals surface area (Å²) in [5, 5.41) is 0. The number of nitrogens with zero attached hydrogens (tertiary/aromatic N) is 1. The highest BCUT2D eigenvalue weighted by atomic mass is 35.5. The highest BCUT2D eigenvalue weighted by Gasteiger charge is 2.13. The molecule has 1 unspecified atom stereocenters. The summed E-state index contributed by atoms with van der Waals surface area (Å²) in [5.41, 5.74) is 4.86. The molecule has 0 aliphatic rings. The van der Waals surface area contributed by atoms with Crippen molar-refractivity contribution in [2.45, 2.75) is 33.1 Å². The average molecular weight is 315 g/mol. The molecule has 1 heterocycles. The van der Waals surface area contributed by atoms with E-state index in [-0.39, 0.29) is 18.3 Å². The fourth-order valence-electron chi connectivity index (χ4n) is 2.75. The first-order valence-corrected chi connectivity index (χ1v) is 7.67. The topological polar surface area (TPSA) is 28.7 Å². The Labute approximate surface area is 138 Å². The van der Waals surface area contributed by atoms with E-state index in [1.54, 1.807) is 0 Å².